The van der Waals surface area contributed by atoms with Crippen molar-refractivity contribution >= 4 is 33.2 Å². The van der Waals surface area contributed by atoms with E-state index in [0.29, 0.717) is 0 Å². The van der Waals surface area contributed by atoms with Crippen molar-refractivity contribution in [1.29, 1.82) is 0 Å². The number of alkyl halides is 1. The zero-order valence-corrected chi connectivity index (χ0v) is 11.5. The number of halogens is 1. The predicted octanol–water partition coefficient (Wildman–Crippen LogP) is 3.35. The Hall–Kier alpha value is -0.350. The van der Waals surface area contributed by atoms with E-state index in [-0.39, 0.29) is 11.9 Å². The van der Waals surface area contributed by atoms with Crippen molar-refractivity contribution in [3.8, 4) is 0 Å². The number of thiophene rings is 1. The first-order valence-electron chi connectivity index (χ1n) is 5.04. The van der Waals surface area contributed by atoms with Crippen LogP contribution in [0.5, 0.6) is 0 Å². The Morgan fingerprint density at radius 2 is 2.33 bits per heavy atom. The molecule has 0 bridgehead atoms. The number of aryl methyl sites for hydroxylation is 1. The molecule has 0 saturated carbocycles. The third kappa shape index (κ3) is 3.95. The maximum Gasteiger partial charge on any atom is 0.252 e. The molecular formula is C11H16BrNOS. The molecule has 15 heavy (non-hydrogen) atoms. The topological polar surface area (TPSA) is 29.1 Å². The standard InChI is InChI=1S/C11H16BrNOS/c1-8-6-15-7-10(8)11(14)13-9(2)4-3-5-12/h6-7,9H,3-5H2,1-2H3,(H,13,14). The van der Waals surface area contributed by atoms with Crippen LogP contribution < -0.4 is 5.32 Å². The summed E-state index contributed by atoms with van der Waals surface area (Å²) in [5.41, 5.74) is 1.87. The van der Waals surface area contributed by atoms with Crippen LogP contribution in [0.2, 0.25) is 0 Å². The Balaban J connectivity index is 2.46. The van der Waals surface area contributed by atoms with Crippen molar-refractivity contribution in [2.45, 2.75) is 32.7 Å². The zero-order chi connectivity index (χ0) is 11.3. The summed E-state index contributed by atoms with van der Waals surface area (Å²) < 4.78 is 0. The van der Waals surface area contributed by atoms with Crippen LogP contribution in [0.4, 0.5) is 0 Å². The number of carbonyl (C=O) groups excluding carboxylic acids is 1. The number of amides is 1. The Morgan fingerprint density at radius 3 is 2.87 bits per heavy atom. The van der Waals surface area contributed by atoms with Crippen molar-refractivity contribution in [1.82, 2.24) is 5.32 Å². The lowest BCUT2D eigenvalue weighted by Gasteiger charge is -2.12. The molecule has 2 nitrogen and oxygen atoms in total. The van der Waals surface area contributed by atoms with Crippen molar-refractivity contribution in [2.75, 3.05) is 5.33 Å². The van der Waals surface area contributed by atoms with Gasteiger partial charge in [0, 0.05) is 16.8 Å². The maximum absolute atomic E-state index is 11.8. The van der Waals surface area contributed by atoms with Gasteiger partial charge in [-0.2, -0.15) is 11.3 Å². The summed E-state index contributed by atoms with van der Waals surface area (Å²) in [5, 5.41) is 7.90. The van der Waals surface area contributed by atoms with Crippen molar-refractivity contribution in [3.63, 3.8) is 0 Å². The second-order valence-electron chi connectivity index (χ2n) is 3.67. The molecule has 1 heterocycles. The highest BCUT2D eigenvalue weighted by Crippen LogP contribution is 2.13. The molecule has 84 valence electrons. The second-order valence-corrected chi connectivity index (χ2v) is 5.21. The van der Waals surface area contributed by atoms with E-state index >= 15 is 0 Å². The molecule has 1 rings (SSSR count). The normalized spacial score (nSPS) is 12.5. The third-order valence-corrected chi connectivity index (χ3v) is 3.67. The Labute approximate surface area is 103 Å². The summed E-state index contributed by atoms with van der Waals surface area (Å²) in [6.07, 6.45) is 2.10. The van der Waals surface area contributed by atoms with E-state index in [2.05, 4.69) is 21.2 Å². The summed E-state index contributed by atoms with van der Waals surface area (Å²) in [4.78, 5) is 11.8. The number of carbonyl (C=O) groups is 1. The van der Waals surface area contributed by atoms with Gasteiger partial charge in [0.2, 0.25) is 0 Å². The lowest BCUT2D eigenvalue weighted by molar-refractivity contribution is 0.0938. The van der Waals surface area contributed by atoms with Crippen molar-refractivity contribution < 1.29 is 4.79 Å². The summed E-state index contributed by atoms with van der Waals surface area (Å²) >= 11 is 4.95. The molecule has 0 fully saturated rings. The molecule has 0 spiro atoms. The van der Waals surface area contributed by atoms with Crippen LogP contribution in [-0.2, 0) is 0 Å². The molecule has 1 atom stereocenters. The van der Waals surface area contributed by atoms with E-state index in [1.165, 1.54) is 0 Å². The lowest BCUT2D eigenvalue weighted by Crippen LogP contribution is -2.32. The molecule has 1 unspecified atom stereocenters. The van der Waals surface area contributed by atoms with Crippen LogP contribution >= 0.6 is 27.3 Å². The number of nitrogens with one attached hydrogen (secondary N) is 1. The van der Waals surface area contributed by atoms with Crippen LogP contribution in [0, 0.1) is 6.92 Å². The fourth-order valence-electron chi connectivity index (χ4n) is 1.35. The molecule has 0 saturated heterocycles. The van der Waals surface area contributed by atoms with Crippen LogP contribution in [0.1, 0.15) is 35.7 Å². The molecule has 1 amide bonds. The number of rotatable bonds is 5. The Bertz CT molecular complexity index is 324. The Morgan fingerprint density at radius 1 is 1.60 bits per heavy atom. The monoisotopic (exact) mass is 289 g/mol. The van der Waals surface area contributed by atoms with Gasteiger partial charge in [0.15, 0.2) is 0 Å². The molecule has 1 N–H and O–H groups in total. The number of hydrogen-bond donors (Lipinski definition) is 1. The van der Waals surface area contributed by atoms with E-state index in [1.807, 2.05) is 24.6 Å². The highest BCUT2D eigenvalue weighted by Gasteiger charge is 2.11. The first-order valence-corrected chi connectivity index (χ1v) is 7.11. The Kier molecular flexibility index (Phi) is 5.32. The molecule has 1 aromatic heterocycles. The second kappa shape index (κ2) is 6.28. The van der Waals surface area contributed by atoms with Crippen molar-refractivity contribution in [3.05, 3.63) is 21.9 Å². The molecule has 1 aromatic rings. The molecule has 0 radical (unpaired) electrons. The quantitative estimate of drug-likeness (QED) is 0.828. The largest absolute Gasteiger partial charge is 0.350 e. The molecule has 4 heteroatoms. The SMILES string of the molecule is Cc1cscc1C(=O)NC(C)CCCBr. The highest BCUT2D eigenvalue weighted by molar-refractivity contribution is 9.09. The van der Waals surface area contributed by atoms with Gasteiger partial charge in [-0.05, 0) is 37.6 Å². The molecule has 0 aliphatic rings. The van der Waals surface area contributed by atoms with E-state index < -0.39 is 0 Å². The molecule has 0 aliphatic carbocycles. The smallest absolute Gasteiger partial charge is 0.252 e. The average Bonchev–Trinajstić information content (AvgIpc) is 2.61. The number of hydrogen-bond acceptors (Lipinski definition) is 2. The van der Waals surface area contributed by atoms with Gasteiger partial charge in [0.25, 0.3) is 5.91 Å². The van der Waals surface area contributed by atoms with Crippen molar-refractivity contribution in [2.24, 2.45) is 0 Å². The molecule has 0 aliphatic heterocycles. The molecule has 0 aromatic carbocycles. The predicted molar refractivity (Wildman–Crippen MR) is 69.0 cm³/mol. The van der Waals surface area contributed by atoms with Gasteiger partial charge in [0.05, 0.1) is 5.56 Å². The fourth-order valence-corrected chi connectivity index (χ4v) is 2.50. The van der Waals surface area contributed by atoms with E-state index in [0.717, 1.165) is 29.3 Å². The summed E-state index contributed by atoms with van der Waals surface area (Å²) in [5.74, 6) is 0.0517. The highest BCUT2D eigenvalue weighted by atomic mass is 79.9. The minimum atomic E-state index is 0.0517. The average molecular weight is 290 g/mol. The first kappa shape index (κ1) is 12.7. The van der Waals surface area contributed by atoms with Crippen LogP contribution in [0.15, 0.2) is 10.8 Å². The van der Waals surface area contributed by atoms with Crippen LogP contribution in [0.3, 0.4) is 0 Å². The van der Waals surface area contributed by atoms with E-state index in [9.17, 15) is 4.79 Å². The van der Waals surface area contributed by atoms with Crippen LogP contribution in [0.25, 0.3) is 0 Å². The van der Waals surface area contributed by atoms with Crippen LogP contribution in [-0.4, -0.2) is 17.3 Å². The van der Waals surface area contributed by atoms with Gasteiger partial charge >= 0.3 is 0 Å². The summed E-state index contributed by atoms with van der Waals surface area (Å²) in [6.45, 7) is 4.01. The third-order valence-electron chi connectivity index (χ3n) is 2.25. The van der Waals surface area contributed by atoms with E-state index in [1.54, 1.807) is 11.3 Å². The van der Waals surface area contributed by atoms with Gasteiger partial charge in [-0.3, -0.25) is 4.79 Å². The van der Waals surface area contributed by atoms with Gasteiger partial charge in [-0.1, -0.05) is 15.9 Å². The summed E-state index contributed by atoms with van der Waals surface area (Å²) in [6, 6.07) is 0.245. The maximum atomic E-state index is 11.8. The lowest BCUT2D eigenvalue weighted by atomic mass is 10.1. The fraction of sp³-hybridized carbons (Fsp3) is 0.545. The summed E-state index contributed by atoms with van der Waals surface area (Å²) in [7, 11) is 0. The zero-order valence-electron chi connectivity index (χ0n) is 9.05. The van der Waals surface area contributed by atoms with E-state index in [4.69, 9.17) is 0 Å². The minimum Gasteiger partial charge on any atom is -0.350 e. The first-order chi connectivity index (χ1) is 7.15. The van der Waals surface area contributed by atoms with Gasteiger partial charge in [-0.25, -0.2) is 0 Å². The van der Waals surface area contributed by atoms with Gasteiger partial charge in [0.1, 0.15) is 0 Å². The van der Waals surface area contributed by atoms with Gasteiger partial charge < -0.3 is 5.32 Å². The van der Waals surface area contributed by atoms with Gasteiger partial charge in [-0.15, -0.1) is 0 Å². The molecular weight excluding hydrogens is 274 g/mol. The minimum absolute atomic E-state index is 0.0517.